The smallest absolute Gasteiger partial charge is 0.0342 e. The first-order valence-electron chi connectivity index (χ1n) is 3.71. The predicted octanol–water partition coefficient (Wildman–Crippen LogP) is 1.32. The molecule has 0 N–H and O–H groups in total. The van der Waals surface area contributed by atoms with Crippen LogP contribution in [-0.4, -0.2) is 30.2 Å². The lowest BCUT2D eigenvalue weighted by atomic mass is 10.0. The summed E-state index contributed by atoms with van der Waals surface area (Å²) in [5, 5.41) is 4.34. The van der Waals surface area contributed by atoms with Crippen LogP contribution in [0.3, 0.4) is 0 Å². The van der Waals surface area contributed by atoms with Crippen molar-refractivity contribution < 1.29 is 0 Å². The number of hydrogen-bond acceptors (Lipinski definition) is 2. The van der Waals surface area contributed by atoms with Crippen LogP contribution in [0, 0.1) is 5.92 Å². The van der Waals surface area contributed by atoms with Crippen LogP contribution in [0.2, 0.25) is 0 Å². The molecule has 0 saturated carbocycles. The van der Waals surface area contributed by atoms with Crippen LogP contribution in [0.15, 0.2) is 12.3 Å². The molecule has 0 radical (unpaired) electrons. The number of hydrogen-bond donors (Lipinski definition) is 0. The van der Waals surface area contributed by atoms with E-state index in [9.17, 15) is 0 Å². The third-order valence-corrected chi connectivity index (χ3v) is 2.73. The Labute approximate surface area is 63.1 Å². The average Bonchev–Trinajstić information content (AvgIpc) is 2.07. The molecule has 10 heavy (non-hydrogen) atoms. The Morgan fingerprint density at radius 1 is 1.30 bits per heavy atom. The highest BCUT2D eigenvalue weighted by Gasteiger charge is 2.31. The molecule has 0 bridgehead atoms. The Hall–Kier alpha value is -0.500. The normalized spacial score (nSPS) is 35.6. The summed E-state index contributed by atoms with van der Waals surface area (Å²) in [6, 6.07) is 0.595. The van der Waals surface area contributed by atoms with E-state index in [0.717, 1.165) is 0 Å². The molecular weight excluding hydrogens is 124 g/mol. The van der Waals surface area contributed by atoms with Crippen LogP contribution in [0.4, 0.5) is 0 Å². The van der Waals surface area contributed by atoms with E-state index >= 15 is 0 Å². The third-order valence-electron chi connectivity index (χ3n) is 2.73. The Kier molecular flexibility index (Phi) is 1.73. The number of nitrogens with zero attached hydrogens (tertiary/aromatic N) is 2. The SMILES string of the molecule is C=C1[C@@H](C)C(C)N(C)N1C. The third kappa shape index (κ3) is 0.833. The highest BCUT2D eigenvalue weighted by molar-refractivity contribution is 5.05. The van der Waals surface area contributed by atoms with Crippen molar-refractivity contribution in [1.29, 1.82) is 0 Å². The maximum absolute atomic E-state index is 4.00. The molecule has 0 amide bonds. The van der Waals surface area contributed by atoms with Gasteiger partial charge in [-0.05, 0) is 6.92 Å². The van der Waals surface area contributed by atoms with Gasteiger partial charge in [0.15, 0.2) is 0 Å². The summed E-state index contributed by atoms with van der Waals surface area (Å²) in [7, 11) is 4.15. The van der Waals surface area contributed by atoms with Crippen LogP contribution in [0.25, 0.3) is 0 Å². The maximum atomic E-state index is 4.00. The predicted molar refractivity (Wildman–Crippen MR) is 43.3 cm³/mol. The second kappa shape index (κ2) is 2.27. The van der Waals surface area contributed by atoms with Gasteiger partial charge in [-0.2, -0.15) is 0 Å². The first kappa shape index (κ1) is 7.61. The molecule has 2 atom stereocenters. The summed E-state index contributed by atoms with van der Waals surface area (Å²) in [5.74, 6) is 0.593. The molecule has 1 unspecified atom stereocenters. The molecule has 0 spiro atoms. The quantitative estimate of drug-likeness (QED) is 0.500. The summed E-state index contributed by atoms with van der Waals surface area (Å²) >= 11 is 0. The zero-order chi connectivity index (χ0) is 7.89. The molecule has 1 rings (SSSR count). The number of rotatable bonds is 0. The largest absolute Gasteiger partial charge is 0.313 e. The van der Waals surface area contributed by atoms with Gasteiger partial charge in [0.2, 0.25) is 0 Å². The topological polar surface area (TPSA) is 6.48 Å². The summed E-state index contributed by atoms with van der Waals surface area (Å²) in [6.07, 6.45) is 0. The minimum absolute atomic E-state index is 0.593. The van der Waals surface area contributed by atoms with Crippen molar-refractivity contribution in [1.82, 2.24) is 10.0 Å². The zero-order valence-electron chi connectivity index (χ0n) is 7.26. The summed E-state index contributed by atoms with van der Waals surface area (Å²) in [5.41, 5.74) is 1.22. The van der Waals surface area contributed by atoms with Gasteiger partial charge in [-0.15, -0.1) is 0 Å². The molecule has 2 nitrogen and oxygen atoms in total. The van der Waals surface area contributed by atoms with Crippen molar-refractivity contribution in [2.24, 2.45) is 5.92 Å². The van der Waals surface area contributed by atoms with E-state index in [-0.39, 0.29) is 0 Å². The van der Waals surface area contributed by atoms with Crippen LogP contribution in [0.5, 0.6) is 0 Å². The van der Waals surface area contributed by atoms with Crippen LogP contribution in [-0.2, 0) is 0 Å². The number of hydrazine groups is 1. The van der Waals surface area contributed by atoms with E-state index in [1.165, 1.54) is 5.70 Å². The fourth-order valence-corrected chi connectivity index (χ4v) is 1.37. The molecule has 0 aliphatic carbocycles. The van der Waals surface area contributed by atoms with Gasteiger partial charge in [-0.1, -0.05) is 13.5 Å². The first-order chi connectivity index (χ1) is 4.55. The Bertz CT molecular complexity index is 137. The van der Waals surface area contributed by atoms with Crippen molar-refractivity contribution in [2.75, 3.05) is 14.1 Å². The monoisotopic (exact) mass is 140 g/mol. The van der Waals surface area contributed by atoms with E-state index in [0.29, 0.717) is 12.0 Å². The van der Waals surface area contributed by atoms with Crippen molar-refractivity contribution in [3.63, 3.8) is 0 Å². The van der Waals surface area contributed by atoms with Gasteiger partial charge in [0.25, 0.3) is 0 Å². The van der Waals surface area contributed by atoms with E-state index in [2.05, 4.69) is 44.5 Å². The Balaban J connectivity index is 2.78. The lowest BCUT2D eigenvalue weighted by Crippen LogP contribution is -2.33. The van der Waals surface area contributed by atoms with Gasteiger partial charge in [0.1, 0.15) is 0 Å². The van der Waals surface area contributed by atoms with Crippen molar-refractivity contribution in [2.45, 2.75) is 19.9 Å². The Morgan fingerprint density at radius 2 is 1.80 bits per heavy atom. The van der Waals surface area contributed by atoms with E-state index in [1.54, 1.807) is 0 Å². The Morgan fingerprint density at radius 3 is 1.90 bits per heavy atom. The van der Waals surface area contributed by atoms with Crippen LogP contribution in [0.1, 0.15) is 13.8 Å². The lowest BCUT2D eigenvalue weighted by Gasteiger charge is -2.24. The van der Waals surface area contributed by atoms with Crippen LogP contribution >= 0.6 is 0 Å². The average molecular weight is 140 g/mol. The van der Waals surface area contributed by atoms with Gasteiger partial charge >= 0.3 is 0 Å². The molecule has 1 aliphatic heterocycles. The highest BCUT2D eigenvalue weighted by Crippen LogP contribution is 2.28. The molecule has 0 aromatic heterocycles. The van der Waals surface area contributed by atoms with E-state index < -0.39 is 0 Å². The molecular formula is C8H16N2. The van der Waals surface area contributed by atoms with Gasteiger partial charge in [-0.25, -0.2) is 5.01 Å². The first-order valence-corrected chi connectivity index (χ1v) is 3.71. The summed E-state index contributed by atoms with van der Waals surface area (Å²) in [4.78, 5) is 0. The zero-order valence-corrected chi connectivity index (χ0v) is 7.26. The molecule has 1 fully saturated rings. The molecule has 2 heteroatoms. The van der Waals surface area contributed by atoms with Crippen LogP contribution < -0.4 is 0 Å². The van der Waals surface area contributed by atoms with Crippen molar-refractivity contribution in [3.05, 3.63) is 12.3 Å². The van der Waals surface area contributed by atoms with E-state index in [4.69, 9.17) is 0 Å². The minimum atomic E-state index is 0.593. The molecule has 1 heterocycles. The van der Waals surface area contributed by atoms with Gasteiger partial charge in [0, 0.05) is 31.8 Å². The fraction of sp³-hybridized carbons (Fsp3) is 0.750. The summed E-state index contributed by atoms with van der Waals surface area (Å²) < 4.78 is 0. The lowest BCUT2D eigenvalue weighted by molar-refractivity contribution is 0.0760. The van der Waals surface area contributed by atoms with Crippen molar-refractivity contribution in [3.8, 4) is 0 Å². The molecule has 58 valence electrons. The molecule has 1 aliphatic rings. The van der Waals surface area contributed by atoms with Gasteiger partial charge < -0.3 is 5.01 Å². The molecule has 0 aromatic rings. The second-order valence-corrected chi connectivity index (χ2v) is 3.12. The molecule has 0 aromatic carbocycles. The van der Waals surface area contributed by atoms with Crippen molar-refractivity contribution >= 4 is 0 Å². The maximum Gasteiger partial charge on any atom is 0.0342 e. The highest BCUT2D eigenvalue weighted by atomic mass is 15.6. The standard InChI is InChI=1S/C8H16N2/c1-6-7(2)9(4)10(5)8(6)3/h6,8H,2H2,1,3-5H3/t6-,8?/m1/s1. The van der Waals surface area contributed by atoms with Gasteiger partial charge in [0.05, 0.1) is 0 Å². The summed E-state index contributed by atoms with van der Waals surface area (Å²) in [6.45, 7) is 8.44. The molecule has 1 saturated heterocycles. The minimum Gasteiger partial charge on any atom is -0.313 e. The van der Waals surface area contributed by atoms with Gasteiger partial charge in [-0.3, -0.25) is 0 Å². The second-order valence-electron chi connectivity index (χ2n) is 3.12. The van der Waals surface area contributed by atoms with E-state index in [1.807, 2.05) is 0 Å². The fourth-order valence-electron chi connectivity index (χ4n) is 1.37.